The number of halogens is 1. The van der Waals surface area contributed by atoms with Gasteiger partial charge < -0.3 is 0 Å². The lowest BCUT2D eigenvalue weighted by Crippen LogP contribution is -1.93. The van der Waals surface area contributed by atoms with Crippen molar-refractivity contribution in [3.05, 3.63) is 78.0 Å². The molecule has 0 saturated carbocycles. The second-order valence-electron chi connectivity index (χ2n) is 6.13. The number of fused-ring (bicyclic) bond motifs is 1. The van der Waals surface area contributed by atoms with Gasteiger partial charge in [-0.3, -0.25) is 15.0 Å². The topological polar surface area (TPSA) is 38.7 Å². The molecule has 0 N–H and O–H groups in total. The molecule has 0 unspecified atom stereocenters. The molecule has 0 atom stereocenters. The summed E-state index contributed by atoms with van der Waals surface area (Å²) in [5, 5.41) is 0. The zero-order chi connectivity index (χ0) is 17.4. The van der Waals surface area contributed by atoms with E-state index in [2.05, 4.69) is 21.0 Å². The lowest BCUT2D eigenvalue weighted by Gasteiger charge is -2.12. The van der Waals surface area contributed by atoms with Gasteiger partial charge in [0.25, 0.3) is 0 Å². The molecule has 0 aliphatic heterocycles. The van der Waals surface area contributed by atoms with Crippen LogP contribution in [0.25, 0.3) is 33.4 Å². The molecule has 0 aliphatic carbocycles. The van der Waals surface area contributed by atoms with Gasteiger partial charge in [0, 0.05) is 29.7 Å². The Morgan fingerprint density at radius 1 is 0.760 bits per heavy atom. The summed E-state index contributed by atoms with van der Waals surface area (Å²) in [4.78, 5) is 13.3. The maximum atomic E-state index is 13.6. The molecule has 0 aliphatic rings. The van der Waals surface area contributed by atoms with E-state index in [1.54, 1.807) is 25.4 Å². The van der Waals surface area contributed by atoms with Crippen LogP contribution in [-0.2, 0) is 0 Å². The molecule has 122 valence electrons. The maximum absolute atomic E-state index is 13.6. The highest BCUT2D eigenvalue weighted by atomic mass is 19.1. The van der Waals surface area contributed by atoms with Crippen LogP contribution in [0.2, 0.25) is 0 Å². The highest BCUT2D eigenvalue weighted by Crippen LogP contribution is 2.33. The number of aromatic nitrogens is 3. The number of hydrogen-bond acceptors (Lipinski definition) is 3. The third-order valence-corrected chi connectivity index (χ3v) is 4.24. The summed E-state index contributed by atoms with van der Waals surface area (Å²) in [6.07, 6.45) is 5.20. The first-order valence-corrected chi connectivity index (χ1v) is 8.06. The van der Waals surface area contributed by atoms with Gasteiger partial charge in [-0.05, 0) is 66.9 Å². The number of nitrogens with zero attached hydrogens (tertiary/aromatic N) is 3. The van der Waals surface area contributed by atoms with Crippen molar-refractivity contribution in [1.82, 2.24) is 15.0 Å². The summed E-state index contributed by atoms with van der Waals surface area (Å²) in [6.45, 7) is 3.77. The minimum atomic E-state index is -0.210. The van der Waals surface area contributed by atoms with Crippen LogP contribution in [0, 0.1) is 19.7 Å². The maximum Gasteiger partial charge on any atom is 0.126 e. The molecular formula is C21H16FN3. The Bertz CT molecular complexity index is 1090. The van der Waals surface area contributed by atoms with Crippen LogP contribution in [0.1, 0.15) is 11.1 Å². The zero-order valence-electron chi connectivity index (χ0n) is 14.0. The Hall–Kier alpha value is -3.14. The Kier molecular flexibility index (Phi) is 3.73. The summed E-state index contributed by atoms with van der Waals surface area (Å²) in [7, 11) is 0. The Morgan fingerprint density at radius 3 is 2.32 bits per heavy atom. The SMILES string of the molecule is Cc1cnc(-c2ccc(F)c(C)c2)c(-c2ccc3nccnc3c2)c1. The van der Waals surface area contributed by atoms with Crippen molar-refractivity contribution < 1.29 is 4.39 Å². The second kappa shape index (κ2) is 6.06. The molecule has 2 heterocycles. The number of benzene rings is 2. The minimum absolute atomic E-state index is 0.210. The summed E-state index contributed by atoms with van der Waals surface area (Å²) >= 11 is 0. The number of aryl methyl sites for hydroxylation is 2. The standard InChI is InChI=1S/C21H16FN3/c1-13-9-17(15-4-6-19-20(11-15)24-8-7-23-19)21(25-12-13)16-3-5-18(22)14(2)10-16/h3-12H,1-2H3. The Balaban J connectivity index is 1.93. The van der Waals surface area contributed by atoms with Crippen molar-refractivity contribution in [1.29, 1.82) is 0 Å². The second-order valence-corrected chi connectivity index (χ2v) is 6.13. The molecule has 4 aromatic rings. The van der Waals surface area contributed by atoms with Crippen LogP contribution >= 0.6 is 0 Å². The Labute approximate surface area is 145 Å². The van der Waals surface area contributed by atoms with E-state index < -0.39 is 0 Å². The molecule has 4 rings (SSSR count). The quantitative estimate of drug-likeness (QED) is 0.512. The van der Waals surface area contributed by atoms with Crippen LogP contribution < -0.4 is 0 Å². The average molecular weight is 329 g/mol. The van der Waals surface area contributed by atoms with Gasteiger partial charge in [-0.2, -0.15) is 0 Å². The number of hydrogen-bond donors (Lipinski definition) is 0. The largest absolute Gasteiger partial charge is 0.255 e. The first-order valence-electron chi connectivity index (χ1n) is 8.06. The lowest BCUT2D eigenvalue weighted by molar-refractivity contribution is 0.619. The first-order chi connectivity index (χ1) is 12.1. The van der Waals surface area contributed by atoms with E-state index in [4.69, 9.17) is 0 Å². The zero-order valence-corrected chi connectivity index (χ0v) is 14.0. The van der Waals surface area contributed by atoms with Crippen molar-refractivity contribution in [2.45, 2.75) is 13.8 Å². The van der Waals surface area contributed by atoms with Crippen molar-refractivity contribution in [2.75, 3.05) is 0 Å². The van der Waals surface area contributed by atoms with Crippen molar-refractivity contribution in [3.63, 3.8) is 0 Å². The molecule has 0 spiro atoms. The van der Waals surface area contributed by atoms with Gasteiger partial charge in [0.15, 0.2) is 0 Å². The lowest BCUT2D eigenvalue weighted by atomic mass is 9.97. The summed E-state index contributed by atoms with van der Waals surface area (Å²) in [6, 6.07) is 13.2. The van der Waals surface area contributed by atoms with E-state index in [1.165, 1.54) is 6.07 Å². The van der Waals surface area contributed by atoms with Crippen LogP contribution in [0.3, 0.4) is 0 Å². The van der Waals surface area contributed by atoms with Gasteiger partial charge >= 0.3 is 0 Å². The van der Waals surface area contributed by atoms with Crippen LogP contribution in [0.15, 0.2) is 61.1 Å². The van der Waals surface area contributed by atoms with E-state index >= 15 is 0 Å². The van der Waals surface area contributed by atoms with Gasteiger partial charge in [0.1, 0.15) is 5.82 Å². The third kappa shape index (κ3) is 2.87. The van der Waals surface area contributed by atoms with Gasteiger partial charge in [-0.1, -0.05) is 6.07 Å². The number of rotatable bonds is 2. The van der Waals surface area contributed by atoms with Crippen molar-refractivity contribution >= 4 is 11.0 Å². The van der Waals surface area contributed by atoms with E-state index in [-0.39, 0.29) is 5.82 Å². The first kappa shape index (κ1) is 15.4. The molecule has 0 fully saturated rings. The number of pyridine rings is 1. The van der Waals surface area contributed by atoms with Crippen LogP contribution in [0.5, 0.6) is 0 Å². The molecule has 0 bridgehead atoms. The van der Waals surface area contributed by atoms with Gasteiger partial charge in [0.2, 0.25) is 0 Å². The summed E-state index contributed by atoms with van der Waals surface area (Å²) in [5.74, 6) is -0.210. The molecule has 0 radical (unpaired) electrons. The molecule has 3 nitrogen and oxygen atoms in total. The summed E-state index contributed by atoms with van der Waals surface area (Å²) in [5.41, 5.74) is 7.10. The fourth-order valence-corrected chi connectivity index (χ4v) is 2.94. The van der Waals surface area contributed by atoms with Crippen LogP contribution in [-0.4, -0.2) is 15.0 Å². The highest BCUT2D eigenvalue weighted by molar-refractivity contribution is 5.87. The van der Waals surface area contributed by atoms with E-state index in [9.17, 15) is 4.39 Å². The monoisotopic (exact) mass is 329 g/mol. The van der Waals surface area contributed by atoms with E-state index in [1.807, 2.05) is 37.4 Å². The molecular weight excluding hydrogens is 313 g/mol. The molecule has 25 heavy (non-hydrogen) atoms. The predicted octanol–water partition coefficient (Wildman–Crippen LogP) is 5.11. The average Bonchev–Trinajstić information content (AvgIpc) is 2.63. The van der Waals surface area contributed by atoms with Gasteiger partial charge in [-0.25, -0.2) is 4.39 Å². The predicted molar refractivity (Wildman–Crippen MR) is 97.6 cm³/mol. The van der Waals surface area contributed by atoms with Gasteiger partial charge in [-0.15, -0.1) is 0 Å². The van der Waals surface area contributed by atoms with E-state index in [0.29, 0.717) is 5.56 Å². The normalized spacial score (nSPS) is 11.0. The van der Waals surface area contributed by atoms with E-state index in [0.717, 1.165) is 39.0 Å². The van der Waals surface area contributed by atoms with Gasteiger partial charge in [0.05, 0.1) is 16.7 Å². The fraction of sp³-hybridized carbons (Fsp3) is 0.0952. The molecule has 0 saturated heterocycles. The highest BCUT2D eigenvalue weighted by Gasteiger charge is 2.12. The third-order valence-electron chi connectivity index (χ3n) is 4.24. The minimum Gasteiger partial charge on any atom is -0.255 e. The van der Waals surface area contributed by atoms with Crippen molar-refractivity contribution in [2.24, 2.45) is 0 Å². The molecule has 2 aromatic carbocycles. The summed E-state index contributed by atoms with van der Waals surface area (Å²) < 4.78 is 13.6. The smallest absolute Gasteiger partial charge is 0.126 e. The fourth-order valence-electron chi connectivity index (χ4n) is 2.94. The van der Waals surface area contributed by atoms with Crippen LogP contribution in [0.4, 0.5) is 4.39 Å². The van der Waals surface area contributed by atoms with Crippen molar-refractivity contribution in [3.8, 4) is 22.4 Å². The molecule has 0 amide bonds. The Morgan fingerprint density at radius 2 is 1.52 bits per heavy atom. The molecule has 4 heteroatoms. The molecule has 2 aromatic heterocycles.